The predicted molar refractivity (Wildman–Crippen MR) is 131 cm³/mol. The van der Waals surface area contributed by atoms with Crippen LogP contribution >= 0.6 is 0 Å². The third-order valence-corrected chi connectivity index (χ3v) is 5.29. The number of nitrogens with one attached hydrogen (secondary N) is 1. The minimum absolute atomic E-state index is 0.288. The molecule has 0 saturated heterocycles. The van der Waals surface area contributed by atoms with Crippen molar-refractivity contribution in [2.75, 3.05) is 26.1 Å². The van der Waals surface area contributed by atoms with Crippen LogP contribution in [-0.4, -0.2) is 37.7 Å². The van der Waals surface area contributed by atoms with Crippen LogP contribution in [0.4, 0.5) is 5.69 Å². The molecule has 0 aliphatic carbocycles. The van der Waals surface area contributed by atoms with E-state index in [0.717, 1.165) is 10.9 Å². The first kappa shape index (κ1) is 22.8. The average Bonchev–Trinajstić information content (AvgIpc) is 2.88. The topological polar surface area (TPSA) is 86.8 Å². The molecule has 1 aromatic heterocycles. The number of hydrogen-bond acceptors (Lipinski definition) is 6. The predicted octanol–water partition coefficient (Wildman–Crippen LogP) is 5.35. The Morgan fingerprint density at radius 1 is 0.882 bits per heavy atom. The molecule has 0 spiro atoms. The molecule has 0 atom stereocenters. The maximum atomic E-state index is 13.3. The minimum atomic E-state index is -0.403. The first-order chi connectivity index (χ1) is 16.5. The third-order valence-electron chi connectivity index (χ3n) is 5.29. The van der Waals surface area contributed by atoms with Gasteiger partial charge >= 0.3 is 5.97 Å². The fraction of sp³-hybridized carbons (Fsp3) is 0.148. The number of hydrogen-bond donors (Lipinski definition) is 1. The van der Waals surface area contributed by atoms with Gasteiger partial charge in [-0.15, -0.1) is 0 Å². The van der Waals surface area contributed by atoms with E-state index >= 15 is 0 Å². The van der Waals surface area contributed by atoms with Gasteiger partial charge in [-0.3, -0.25) is 4.79 Å². The molecule has 4 rings (SSSR count). The largest absolute Gasteiger partial charge is 0.493 e. The highest BCUT2D eigenvalue weighted by atomic mass is 16.5. The molecule has 1 amide bonds. The molecule has 1 N–H and O–H groups in total. The van der Waals surface area contributed by atoms with E-state index in [1.54, 1.807) is 57.5 Å². The summed E-state index contributed by atoms with van der Waals surface area (Å²) in [4.78, 5) is 29.9. The van der Waals surface area contributed by atoms with Crippen molar-refractivity contribution in [3.05, 3.63) is 83.9 Å². The summed E-state index contributed by atoms with van der Waals surface area (Å²) in [6.07, 6.45) is 0. The number of fused-ring (bicyclic) bond motifs is 1. The van der Waals surface area contributed by atoms with E-state index < -0.39 is 5.97 Å². The molecular formula is C27H24N2O5. The van der Waals surface area contributed by atoms with Crippen molar-refractivity contribution in [3.63, 3.8) is 0 Å². The van der Waals surface area contributed by atoms with Gasteiger partial charge in [-0.2, -0.15) is 0 Å². The number of amides is 1. The fourth-order valence-electron chi connectivity index (χ4n) is 3.61. The van der Waals surface area contributed by atoms with Crippen molar-refractivity contribution in [2.45, 2.75) is 6.92 Å². The highest BCUT2D eigenvalue weighted by molar-refractivity contribution is 6.13. The molecule has 7 nitrogen and oxygen atoms in total. The van der Waals surface area contributed by atoms with Gasteiger partial charge in [0.15, 0.2) is 11.5 Å². The van der Waals surface area contributed by atoms with Crippen molar-refractivity contribution in [3.8, 4) is 22.8 Å². The van der Waals surface area contributed by atoms with Crippen molar-refractivity contribution in [1.29, 1.82) is 0 Å². The van der Waals surface area contributed by atoms with Crippen LogP contribution in [-0.2, 0) is 4.74 Å². The highest BCUT2D eigenvalue weighted by Crippen LogP contribution is 2.33. The second-order valence-electron chi connectivity index (χ2n) is 7.39. The molecule has 4 aromatic rings. The number of benzene rings is 3. The van der Waals surface area contributed by atoms with E-state index in [2.05, 4.69) is 5.32 Å². The van der Waals surface area contributed by atoms with Gasteiger partial charge in [0, 0.05) is 16.6 Å². The number of para-hydroxylation sites is 1. The summed E-state index contributed by atoms with van der Waals surface area (Å²) in [5.41, 5.74) is 3.57. The van der Waals surface area contributed by atoms with Gasteiger partial charge in [-0.1, -0.05) is 18.2 Å². The summed E-state index contributed by atoms with van der Waals surface area (Å²) in [6, 6.07) is 21.3. The summed E-state index contributed by atoms with van der Waals surface area (Å²) in [5.74, 6) is 0.489. The highest BCUT2D eigenvalue weighted by Gasteiger charge is 2.16. The van der Waals surface area contributed by atoms with Crippen LogP contribution < -0.4 is 14.8 Å². The fourth-order valence-corrected chi connectivity index (χ4v) is 3.61. The maximum Gasteiger partial charge on any atom is 0.338 e. The molecule has 7 heteroatoms. The summed E-state index contributed by atoms with van der Waals surface area (Å²) >= 11 is 0. The van der Waals surface area contributed by atoms with Gasteiger partial charge in [-0.25, -0.2) is 9.78 Å². The van der Waals surface area contributed by atoms with Gasteiger partial charge in [-0.05, 0) is 61.5 Å². The third kappa shape index (κ3) is 4.68. The van der Waals surface area contributed by atoms with Crippen molar-refractivity contribution >= 4 is 28.5 Å². The zero-order valence-electron chi connectivity index (χ0n) is 19.1. The van der Waals surface area contributed by atoms with Crippen LogP contribution in [0.25, 0.3) is 22.2 Å². The lowest BCUT2D eigenvalue weighted by Crippen LogP contribution is -2.13. The van der Waals surface area contributed by atoms with Gasteiger partial charge in [0.05, 0.1) is 43.2 Å². The Kier molecular flexibility index (Phi) is 6.73. The number of ether oxygens (including phenoxy) is 3. The second kappa shape index (κ2) is 10.0. The Bertz CT molecular complexity index is 1350. The summed E-state index contributed by atoms with van der Waals surface area (Å²) < 4.78 is 15.7. The van der Waals surface area contributed by atoms with E-state index in [1.807, 2.05) is 36.4 Å². The molecule has 0 unspecified atom stereocenters. The molecule has 0 radical (unpaired) electrons. The molecule has 172 valence electrons. The quantitative estimate of drug-likeness (QED) is 0.377. The molecule has 0 fully saturated rings. The number of anilines is 1. The Hall–Kier alpha value is -4.39. The average molecular weight is 456 g/mol. The van der Waals surface area contributed by atoms with Gasteiger partial charge in [0.2, 0.25) is 0 Å². The number of carbonyl (C=O) groups is 2. The van der Waals surface area contributed by atoms with Crippen molar-refractivity contribution < 1.29 is 23.8 Å². The number of rotatable bonds is 7. The van der Waals surface area contributed by atoms with Gasteiger partial charge in [0.25, 0.3) is 5.91 Å². The molecule has 0 bridgehead atoms. The van der Waals surface area contributed by atoms with Gasteiger partial charge in [0.1, 0.15) is 0 Å². The Morgan fingerprint density at radius 3 is 2.32 bits per heavy atom. The minimum Gasteiger partial charge on any atom is -0.493 e. The van der Waals surface area contributed by atoms with E-state index in [9.17, 15) is 9.59 Å². The number of pyridine rings is 1. The Balaban J connectivity index is 1.69. The summed E-state index contributed by atoms with van der Waals surface area (Å²) in [6.45, 7) is 2.05. The molecular weight excluding hydrogens is 432 g/mol. The zero-order chi connectivity index (χ0) is 24.1. The Morgan fingerprint density at radius 2 is 1.62 bits per heavy atom. The zero-order valence-corrected chi connectivity index (χ0v) is 19.1. The van der Waals surface area contributed by atoms with E-state index in [0.29, 0.717) is 46.1 Å². The molecule has 0 aliphatic heterocycles. The van der Waals surface area contributed by atoms with Gasteiger partial charge < -0.3 is 19.5 Å². The van der Waals surface area contributed by atoms with Crippen LogP contribution in [0.1, 0.15) is 27.6 Å². The van der Waals surface area contributed by atoms with Crippen LogP contribution in [0, 0.1) is 0 Å². The number of methoxy groups -OCH3 is 2. The normalized spacial score (nSPS) is 10.6. The van der Waals surface area contributed by atoms with E-state index in [1.165, 1.54) is 0 Å². The molecule has 0 aliphatic rings. The van der Waals surface area contributed by atoms with E-state index in [4.69, 9.17) is 19.2 Å². The molecule has 1 heterocycles. The van der Waals surface area contributed by atoms with Crippen molar-refractivity contribution in [1.82, 2.24) is 4.98 Å². The molecule has 3 aromatic carbocycles. The molecule has 34 heavy (non-hydrogen) atoms. The van der Waals surface area contributed by atoms with Crippen molar-refractivity contribution in [2.24, 2.45) is 0 Å². The Labute approximate surface area is 197 Å². The standard InChI is InChI=1S/C27H24N2O5/c1-4-34-27(31)17-9-12-19(13-10-17)28-26(30)21-16-23(29-22-8-6-5-7-20(21)22)18-11-14-24(32-2)25(15-18)33-3/h5-16H,4H2,1-3H3,(H,28,30). The lowest BCUT2D eigenvalue weighted by atomic mass is 10.0. The number of carbonyl (C=O) groups excluding carboxylic acids is 2. The first-order valence-electron chi connectivity index (χ1n) is 10.7. The number of nitrogens with zero attached hydrogens (tertiary/aromatic N) is 1. The van der Waals surface area contributed by atoms with Crippen LogP contribution in [0.5, 0.6) is 11.5 Å². The smallest absolute Gasteiger partial charge is 0.338 e. The monoisotopic (exact) mass is 456 g/mol. The number of aromatic nitrogens is 1. The summed E-state index contributed by atoms with van der Waals surface area (Å²) in [5, 5.41) is 3.63. The first-order valence-corrected chi connectivity index (χ1v) is 10.7. The van der Waals surface area contributed by atoms with Crippen LogP contribution in [0.3, 0.4) is 0 Å². The second-order valence-corrected chi connectivity index (χ2v) is 7.39. The van der Waals surface area contributed by atoms with E-state index in [-0.39, 0.29) is 5.91 Å². The lowest BCUT2D eigenvalue weighted by Gasteiger charge is -2.13. The SMILES string of the molecule is CCOC(=O)c1ccc(NC(=O)c2cc(-c3ccc(OC)c(OC)c3)nc3ccccc23)cc1. The molecule has 0 saturated carbocycles. The summed E-state index contributed by atoms with van der Waals surface area (Å²) in [7, 11) is 3.15. The maximum absolute atomic E-state index is 13.3. The number of esters is 1. The van der Waals surface area contributed by atoms with Crippen LogP contribution in [0.15, 0.2) is 72.8 Å². The lowest BCUT2D eigenvalue weighted by molar-refractivity contribution is 0.0526. The van der Waals surface area contributed by atoms with Crippen LogP contribution in [0.2, 0.25) is 0 Å².